The lowest BCUT2D eigenvalue weighted by atomic mass is 10.1. The fourth-order valence-corrected chi connectivity index (χ4v) is 3.45. The molecule has 0 fully saturated rings. The van der Waals surface area contributed by atoms with Gasteiger partial charge in [-0.25, -0.2) is 0 Å². The molecule has 0 aliphatic carbocycles. The summed E-state index contributed by atoms with van der Waals surface area (Å²) < 4.78 is 7.73. The van der Waals surface area contributed by atoms with Crippen molar-refractivity contribution >= 4 is 50.6 Å². The van der Waals surface area contributed by atoms with Gasteiger partial charge in [0.1, 0.15) is 5.75 Å². The lowest BCUT2D eigenvalue weighted by molar-refractivity contribution is 0.317. The molecule has 3 aromatic rings. The largest absolute Gasteiger partial charge is 0.494 e. The van der Waals surface area contributed by atoms with E-state index in [1.807, 2.05) is 48.6 Å². The minimum Gasteiger partial charge on any atom is -0.494 e. The molecule has 0 unspecified atom stereocenters. The summed E-state index contributed by atoms with van der Waals surface area (Å²) in [7, 11) is 0. The number of pyridine rings is 1. The smallest absolute Gasteiger partial charge is 0.190 e. The van der Waals surface area contributed by atoms with Crippen molar-refractivity contribution in [3.63, 3.8) is 0 Å². The van der Waals surface area contributed by atoms with Crippen molar-refractivity contribution in [1.29, 1.82) is 0 Å². The average Bonchev–Trinajstić information content (AvgIpc) is 2.68. The van der Waals surface area contributed by atoms with Gasteiger partial charge in [-0.05, 0) is 48.4 Å². The van der Waals surface area contributed by atoms with Crippen LogP contribution in [0, 0.1) is 0 Å². The first kappa shape index (κ1) is 19.7. The van der Waals surface area contributed by atoms with Gasteiger partial charge in [0.25, 0.3) is 0 Å². The Morgan fingerprint density at radius 2 is 1.89 bits per heavy atom. The van der Waals surface area contributed by atoms with Crippen LogP contribution in [0.15, 0.2) is 53.3 Å². The molecule has 5 heteroatoms. The van der Waals surface area contributed by atoms with Gasteiger partial charge < -0.3 is 9.30 Å². The van der Waals surface area contributed by atoms with E-state index in [-0.39, 0.29) is 5.43 Å². The highest BCUT2D eigenvalue weighted by molar-refractivity contribution is 9.09. The number of nitrogens with zero attached hydrogens (tertiary/aromatic N) is 1. The quantitative estimate of drug-likeness (QED) is 0.416. The average molecular weight is 447 g/mol. The van der Waals surface area contributed by atoms with Gasteiger partial charge in [0, 0.05) is 34.0 Å². The number of hydrogen-bond donors (Lipinski definition) is 0. The van der Waals surface area contributed by atoms with Crippen LogP contribution < -0.4 is 10.2 Å². The molecule has 0 aliphatic heterocycles. The lowest BCUT2D eigenvalue weighted by Gasteiger charge is -2.14. The topological polar surface area (TPSA) is 31.2 Å². The Balaban J connectivity index is 1.96. The summed E-state index contributed by atoms with van der Waals surface area (Å²) in [5.74, 6) is 0.868. The van der Waals surface area contributed by atoms with Gasteiger partial charge in [-0.1, -0.05) is 52.7 Å². The molecule has 0 N–H and O–H groups in total. The molecule has 0 atom stereocenters. The molecular weight excluding hydrogens is 426 g/mol. The first-order chi connectivity index (χ1) is 13.1. The molecule has 140 valence electrons. The number of alkyl halides is 1. The summed E-state index contributed by atoms with van der Waals surface area (Å²) in [6.45, 7) is 3.55. The monoisotopic (exact) mass is 445 g/mol. The Bertz CT molecular complexity index is 1010. The van der Waals surface area contributed by atoms with E-state index in [9.17, 15) is 4.79 Å². The predicted octanol–water partition coefficient (Wildman–Crippen LogP) is 6.01. The van der Waals surface area contributed by atoms with E-state index in [1.54, 1.807) is 12.1 Å². The van der Waals surface area contributed by atoms with Crippen LogP contribution in [-0.2, 0) is 6.54 Å². The van der Waals surface area contributed by atoms with Crippen LogP contribution in [0.25, 0.3) is 23.1 Å². The highest BCUT2D eigenvalue weighted by Gasteiger charge is 2.08. The lowest BCUT2D eigenvalue weighted by Crippen LogP contribution is -2.13. The minimum atomic E-state index is -0.0266. The van der Waals surface area contributed by atoms with Crippen LogP contribution in [0.2, 0.25) is 5.02 Å². The van der Waals surface area contributed by atoms with Crippen molar-refractivity contribution in [1.82, 2.24) is 4.57 Å². The molecule has 0 radical (unpaired) electrons. The number of aromatic nitrogens is 1. The summed E-state index contributed by atoms with van der Waals surface area (Å²) in [6.07, 6.45) is 4.96. The number of halogens is 2. The summed E-state index contributed by atoms with van der Waals surface area (Å²) in [5, 5.41) is 1.99. The number of fused-ring (bicyclic) bond motifs is 1. The van der Waals surface area contributed by atoms with Gasteiger partial charge in [-0.15, -0.1) is 0 Å². The molecule has 0 bridgehead atoms. The fourth-order valence-electron chi connectivity index (χ4n) is 2.92. The van der Waals surface area contributed by atoms with Gasteiger partial charge in [0.05, 0.1) is 12.1 Å². The van der Waals surface area contributed by atoms with Crippen molar-refractivity contribution in [2.45, 2.75) is 19.9 Å². The molecule has 0 saturated heterocycles. The van der Waals surface area contributed by atoms with Gasteiger partial charge in [-0.3, -0.25) is 4.79 Å². The SMILES string of the molecule is CCCOc1ccc(/C=C/c2cc(=O)c3cc(Cl)ccc3n2CCBr)cc1. The minimum absolute atomic E-state index is 0.0266. The van der Waals surface area contributed by atoms with Crippen LogP contribution in [0.5, 0.6) is 5.75 Å². The van der Waals surface area contributed by atoms with Crippen molar-refractivity contribution in [3.05, 3.63) is 75.0 Å². The van der Waals surface area contributed by atoms with E-state index in [0.29, 0.717) is 10.4 Å². The van der Waals surface area contributed by atoms with E-state index in [1.165, 1.54) is 0 Å². The Morgan fingerprint density at radius 3 is 2.59 bits per heavy atom. The molecule has 1 aromatic heterocycles. The van der Waals surface area contributed by atoms with Gasteiger partial charge in [0.15, 0.2) is 5.43 Å². The van der Waals surface area contributed by atoms with E-state index >= 15 is 0 Å². The number of hydrogen-bond acceptors (Lipinski definition) is 2. The third-order valence-electron chi connectivity index (χ3n) is 4.21. The van der Waals surface area contributed by atoms with Crippen molar-refractivity contribution in [2.24, 2.45) is 0 Å². The number of benzene rings is 2. The molecule has 27 heavy (non-hydrogen) atoms. The van der Waals surface area contributed by atoms with Crippen LogP contribution in [0.3, 0.4) is 0 Å². The highest BCUT2D eigenvalue weighted by Crippen LogP contribution is 2.20. The van der Waals surface area contributed by atoms with Crippen LogP contribution in [0.1, 0.15) is 24.6 Å². The zero-order valence-electron chi connectivity index (χ0n) is 15.1. The normalized spacial score (nSPS) is 11.4. The molecule has 3 nitrogen and oxygen atoms in total. The Hall–Kier alpha value is -2.04. The Labute approximate surface area is 172 Å². The van der Waals surface area contributed by atoms with Crippen molar-refractivity contribution in [3.8, 4) is 5.75 Å². The second-order valence-corrected chi connectivity index (χ2v) is 7.42. The van der Waals surface area contributed by atoms with E-state index in [2.05, 4.69) is 27.4 Å². The van der Waals surface area contributed by atoms with Crippen LogP contribution in [0.4, 0.5) is 0 Å². The zero-order valence-corrected chi connectivity index (χ0v) is 17.5. The molecular formula is C22H21BrClNO2. The second-order valence-electron chi connectivity index (χ2n) is 6.19. The molecule has 0 amide bonds. The van der Waals surface area contributed by atoms with E-state index in [4.69, 9.17) is 16.3 Å². The third-order valence-corrected chi connectivity index (χ3v) is 4.80. The maximum absolute atomic E-state index is 12.5. The van der Waals surface area contributed by atoms with Crippen LogP contribution >= 0.6 is 27.5 Å². The Morgan fingerprint density at radius 1 is 1.11 bits per heavy atom. The maximum Gasteiger partial charge on any atom is 0.190 e. The van der Waals surface area contributed by atoms with E-state index < -0.39 is 0 Å². The van der Waals surface area contributed by atoms with Gasteiger partial charge >= 0.3 is 0 Å². The van der Waals surface area contributed by atoms with Gasteiger partial charge in [-0.2, -0.15) is 0 Å². The molecule has 2 aromatic carbocycles. The molecule has 0 saturated carbocycles. The summed E-state index contributed by atoms with van der Waals surface area (Å²) in [4.78, 5) is 12.5. The predicted molar refractivity (Wildman–Crippen MR) is 118 cm³/mol. The Kier molecular flexibility index (Phi) is 6.75. The zero-order chi connectivity index (χ0) is 19.2. The number of aryl methyl sites for hydroxylation is 1. The summed E-state index contributed by atoms with van der Waals surface area (Å²) >= 11 is 9.56. The summed E-state index contributed by atoms with van der Waals surface area (Å²) in [5.41, 5.74) is 2.77. The first-order valence-electron chi connectivity index (χ1n) is 8.92. The van der Waals surface area contributed by atoms with Crippen LogP contribution in [-0.4, -0.2) is 16.5 Å². The highest BCUT2D eigenvalue weighted by atomic mass is 79.9. The second kappa shape index (κ2) is 9.25. The third kappa shape index (κ3) is 4.82. The fraction of sp³-hybridized carbons (Fsp3) is 0.227. The molecule has 0 aliphatic rings. The standard InChI is InChI=1S/C22H21BrClNO2/c1-2-13-27-19-8-4-16(5-9-19)3-7-18-15-22(26)20-14-17(24)6-10-21(20)25(18)12-11-23/h3-10,14-15H,2,11-13H2,1H3/b7-3+. The first-order valence-corrected chi connectivity index (χ1v) is 10.4. The molecule has 0 spiro atoms. The summed E-state index contributed by atoms with van der Waals surface area (Å²) in [6, 6.07) is 15.1. The molecule has 1 heterocycles. The van der Waals surface area contributed by atoms with Crippen molar-refractivity contribution < 1.29 is 4.74 Å². The van der Waals surface area contributed by atoms with Gasteiger partial charge in [0.2, 0.25) is 0 Å². The number of ether oxygens (including phenoxy) is 1. The van der Waals surface area contributed by atoms with E-state index in [0.717, 1.165) is 47.4 Å². The molecule has 3 rings (SSSR count). The number of rotatable bonds is 7. The maximum atomic E-state index is 12.5. The van der Waals surface area contributed by atoms with Crippen molar-refractivity contribution in [2.75, 3.05) is 11.9 Å².